The van der Waals surface area contributed by atoms with Crippen molar-refractivity contribution in [2.75, 3.05) is 13.6 Å². The first-order valence-corrected chi connectivity index (χ1v) is 7.29. The lowest BCUT2D eigenvalue weighted by Crippen LogP contribution is -2.45. The van der Waals surface area contributed by atoms with Crippen LogP contribution in [0.15, 0.2) is 19.6 Å². The van der Waals surface area contributed by atoms with Crippen molar-refractivity contribution in [2.45, 2.75) is 38.8 Å². The van der Waals surface area contributed by atoms with Gasteiger partial charge in [-0.2, -0.15) is 0 Å². The number of hydrogen-bond acceptors (Lipinski definition) is 3. The minimum atomic E-state index is 0.0903. The smallest absolute Gasteiger partial charge is 0.183 e. The van der Waals surface area contributed by atoms with Crippen LogP contribution in [0.3, 0.4) is 0 Å². The Morgan fingerprint density at radius 2 is 2.06 bits per heavy atom. The SMILES string of the molecule is CCC(C)(C)N(C)C(CN)c1cc(Br)c(Br)o1. The van der Waals surface area contributed by atoms with E-state index in [1.54, 1.807) is 0 Å². The summed E-state index contributed by atoms with van der Waals surface area (Å²) in [6.45, 7) is 7.13. The fraction of sp³-hybridized carbons (Fsp3) is 0.667. The van der Waals surface area contributed by atoms with Crippen LogP contribution in [-0.2, 0) is 0 Å². The van der Waals surface area contributed by atoms with Crippen LogP contribution in [0.4, 0.5) is 0 Å². The Hall–Kier alpha value is 0.160. The Morgan fingerprint density at radius 1 is 1.47 bits per heavy atom. The van der Waals surface area contributed by atoms with Gasteiger partial charge in [0.1, 0.15) is 5.76 Å². The fourth-order valence-electron chi connectivity index (χ4n) is 1.66. The molecule has 1 atom stereocenters. The predicted molar refractivity (Wildman–Crippen MR) is 78.0 cm³/mol. The first-order valence-electron chi connectivity index (χ1n) is 5.71. The van der Waals surface area contributed by atoms with Gasteiger partial charge in [0.25, 0.3) is 0 Å². The molecule has 2 N–H and O–H groups in total. The molecular formula is C12H20Br2N2O. The van der Waals surface area contributed by atoms with Crippen molar-refractivity contribution in [2.24, 2.45) is 5.73 Å². The second-order valence-electron chi connectivity index (χ2n) is 4.80. The maximum absolute atomic E-state index is 5.88. The average molecular weight is 368 g/mol. The molecule has 0 aliphatic rings. The van der Waals surface area contributed by atoms with E-state index in [4.69, 9.17) is 10.2 Å². The van der Waals surface area contributed by atoms with Gasteiger partial charge in [-0.05, 0) is 65.2 Å². The molecule has 1 aromatic rings. The molecule has 5 heteroatoms. The molecular weight excluding hydrogens is 348 g/mol. The van der Waals surface area contributed by atoms with Crippen LogP contribution in [0.25, 0.3) is 0 Å². The second kappa shape index (κ2) is 5.87. The summed E-state index contributed by atoms with van der Waals surface area (Å²) < 4.78 is 7.32. The lowest BCUT2D eigenvalue weighted by Gasteiger charge is -2.39. The molecule has 98 valence electrons. The zero-order valence-corrected chi connectivity index (χ0v) is 13.9. The third kappa shape index (κ3) is 3.34. The standard InChI is InChI=1S/C12H20Br2N2O/c1-5-12(2,3)16(4)9(7-15)10-6-8(13)11(14)17-10/h6,9H,5,7,15H2,1-4H3. The van der Waals surface area contributed by atoms with E-state index in [0.717, 1.165) is 16.7 Å². The van der Waals surface area contributed by atoms with Crippen LogP contribution in [0, 0.1) is 0 Å². The van der Waals surface area contributed by atoms with Gasteiger partial charge >= 0.3 is 0 Å². The molecule has 1 unspecified atom stereocenters. The van der Waals surface area contributed by atoms with Gasteiger partial charge < -0.3 is 10.2 Å². The van der Waals surface area contributed by atoms with Gasteiger partial charge in [0.15, 0.2) is 4.67 Å². The highest BCUT2D eigenvalue weighted by atomic mass is 79.9. The van der Waals surface area contributed by atoms with Crippen molar-refractivity contribution in [3.8, 4) is 0 Å². The van der Waals surface area contributed by atoms with Crippen molar-refractivity contribution in [3.63, 3.8) is 0 Å². The summed E-state index contributed by atoms with van der Waals surface area (Å²) in [7, 11) is 2.09. The molecule has 0 aliphatic carbocycles. The summed E-state index contributed by atoms with van der Waals surface area (Å²) in [6.07, 6.45) is 1.06. The van der Waals surface area contributed by atoms with Gasteiger partial charge in [0, 0.05) is 12.1 Å². The van der Waals surface area contributed by atoms with Crippen LogP contribution >= 0.6 is 31.9 Å². The average Bonchev–Trinajstić information content (AvgIpc) is 2.60. The predicted octanol–water partition coefficient (Wildman–Crippen LogP) is 3.92. The van der Waals surface area contributed by atoms with Crippen LogP contribution in [0.1, 0.15) is 39.0 Å². The Labute approximate surface area is 120 Å². The van der Waals surface area contributed by atoms with Crippen molar-refractivity contribution in [1.82, 2.24) is 4.90 Å². The molecule has 0 bridgehead atoms. The van der Waals surface area contributed by atoms with Gasteiger partial charge in [0.2, 0.25) is 0 Å². The van der Waals surface area contributed by atoms with E-state index in [-0.39, 0.29) is 11.6 Å². The number of nitrogens with zero attached hydrogens (tertiary/aromatic N) is 1. The highest BCUT2D eigenvalue weighted by Gasteiger charge is 2.30. The Morgan fingerprint density at radius 3 is 2.41 bits per heavy atom. The maximum Gasteiger partial charge on any atom is 0.183 e. The minimum absolute atomic E-state index is 0.0903. The zero-order chi connectivity index (χ0) is 13.2. The van der Waals surface area contributed by atoms with Gasteiger partial charge in [0.05, 0.1) is 10.5 Å². The summed E-state index contributed by atoms with van der Waals surface area (Å²) in [5, 5.41) is 0. The van der Waals surface area contributed by atoms with Crippen LogP contribution in [0.2, 0.25) is 0 Å². The van der Waals surface area contributed by atoms with E-state index in [1.807, 2.05) is 6.07 Å². The fourth-order valence-corrected chi connectivity index (χ4v) is 2.27. The number of rotatable bonds is 5. The molecule has 1 rings (SSSR count). The topological polar surface area (TPSA) is 42.4 Å². The molecule has 0 spiro atoms. The number of likely N-dealkylation sites (N-methyl/N-ethyl adjacent to an activating group) is 1. The Kier molecular flexibility index (Phi) is 5.25. The summed E-state index contributed by atoms with van der Waals surface area (Å²) in [5.41, 5.74) is 5.98. The Bertz CT molecular complexity index is 357. The van der Waals surface area contributed by atoms with E-state index >= 15 is 0 Å². The Balaban J connectivity index is 2.99. The van der Waals surface area contributed by atoms with Crippen LogP contribution in [-0.4, -0.2) is 24.0 Å². The molecule has 0 radical (unpaired) electrons. The van der Waals surface area contributed by atoms with E-state index in [2.05, 4.69) is 64.6 Å². The van der Waals surface area contributed by atoms with E-state index in [1.165, 1.54) is 0 Å². The van der Waals surface area contributed by atoms with E-state index in [9.17, 15) is 0 Å². The minimum Gasteiger partial charge on any atom is -0.451 e. The van der Waals surface area contributed by atoms with Crippen molar-refractivity contribution < 1.29 is 4.42 Å². The van der Waals surface area contributed by atoms with E-state index in [0.29, 0.717) is 11.2 Å². The van der Waals surface area contributed by atoms with E-state index < -0.39 is 0 Å². The number of hydrogen-bond donors (Lipinski definition) is 1. The molecule has 17 heavy (non-hydrogen) atoms. The number of nitrogens with two attached hydrogens (primary N) is 1. The summed E-state index contributed by atoms with van der Waals surface area (Å²) in [5.74, 6) is 0.885. The van der Waals surface area contributed by atoms with Crippen molar-refractivity contribution in [3.05, 3.63) is 21.0 Å². The largest absolute Gasteiger partial charge is 0.451 e. The highest BCUT2D eigenvalue weighted by molar-refractivity contribution is 9.13. The number of furan rings is 1. The lowest BCUT2D eigenvalue weighted by atomic mass is 9.97. The monoisotopic (exact) mass is 366 g/mol. The quantitative estimate of drug-likeness (QED) is 0.857. The first-order chi connectivity index (χ1) is 7.83. The highest BCUT2D eigenvalue weighted by Crippen LogP contribution is 2.34. The molecule has 0 fully saturated rings. The van der Waals surface area contributed by atoms with Gasteiger partial charge in [-0.15, -0.1) is 0 Å². The molecule has 0 aromatic carbocycles. The van der Waals surface area contributed by atoms with Gasteiger partial charge in [-0.1, -0.05) is 6.92 Å². The summed E-state index contributed by atoms with van der Waals surface area (Å²) >= 11 is 6.79. The maximum atomic E-state index is 5.88. The van der Waals surface area contributed by atoms with Crippen LogP contribution in [0.5, 0.6) is 0 Å². The van der Waals surface area contributed by atoms with Crippen LogP contribution < -0.4 is 5.73 Å². The van der Waals surface area contributed by atoms with Crippen molar-refractivity contribution in [1.29, 1.82) is 0 Å². The molecule has 3 nitrogen and oxygen atoms in total. The molecule has 0 aliphatic heterocycles. The summed E-state index contributed by atoms with van der Waals surface area (Å²) in [6, 6.07) is 2.07. The molecule has 0 amide bonds. The third-order valence-electron chi connectivity index (χ3n) is 3.50. The molecule has 0 saturated heterocycles. The van der Waals surface area contributed by atoms with Crippen molar-refractivity contribution >= 4 is 31.9 Å². The molecule has 1 heterocycles. The molecule has 0 saturated carbocycles. The second-order valence-corrected chi connectivity index (χ2v) is 6.37. The zero-order valence-electron chi connectivity index (χ0n) is 10.8. The molecule has 1 aromatic heterocycles. The lowest BCUT2D eigenvalue weighted by molar-refractivity contribution is 0.0878. The third-order valence-corrected chi connectivity index (χ3v) is 5.21. The summed E-state index contributed by atoms with van der Waals surface area (Å²) in [4.78, 5) is 2.27. The number of halogens is 2. The normalized spacial score (nSPS) is 14.4. The van der Waals surface area contributed by atoms with Gasteiger partial charge in [-0.3, -0.25) is 4.90 Å². The van der Waals surface area contributed by atoms with Gasteiger partial charge in [-0.25, -0.2) is 0 Å². The first kappa shape index (κ1) is 15.2.